The number of rotatable bonds is 2. The molecule has 2 heteroatoms. The van der Waals surface area contributed by atoms with Crippen LogP contribution in [0.25, 0.3) is 0 Å². The summed E-state index contributed by atoms with van der Waals surface area (Å²) in [5.74, 6) is 0. The van der Waals surface area contributed by atoms with Gasteiger partial charge in [0.2, 0.25) is 0 Å². The highest BCUT2D eigenvalue weighted by Gasteiger charge is 2.15. The van der Waals surface area contributed by atoms with E-state index in [-0.39, 0.29) is 6.04 Å². The van der Waals surface area contributed by atoms with Crippen molar-refractivity contribution in [3.63, 3.8) is 0 Å². The van der Waals surface area contributed by atoms with Crippen molar-refractivity contribution < 1.29 is 0 Å². The van der Waals surface area contributed by atoms with Crippen LogP contribution in [0.4, 0.5) is 0 Å². The second kappa shape index (κ2) is 5.70. The molecular weight excluding hydrogens is 230 g/mol. The summed E-state index contributed by atoms with van der Waals surface area (Å²) < 4.78 is 0. The predicted octanol–water partition coefficient (Wildman–Crippen LogP) is 3.86. The monoisotopic (exact) mass is 249 g/mol. The third-order valence-electron chi connectivity index (χ3n) is 3.36. The minimum absolute atomic E-state index is 0.111. The highest BCUT2D eigenvalue weighted by molar-refractivity contribution is 6.20. The van der Waals surface area contributed by atoms with Gasteiger partial charge < -0.3 is 5.73 Å². The minimum atomic E-state index is 0.111. The Hall–Kier alpha value is -0.790. The highest BCUT2D eigenvalue weighted by atomic mass is 35.5. The largest absolute Gasteiger partial charge is 0.324 e. The fraction of sp³-hybridized carbons (Fsp3) is 0.467. The van der Waals surface area contributed by atoms with Crippen LogP contribution in [0.3, 0.4) is 0 Å². The lowest BCUT2D eigenvalue weighted by atomic mass is 9.92. The van der Waals surface area contributed by atoms with Crippen molar-refractivity contribution in [2.24, 2.45) is 5.73 Å². The van der Waals surface area contributed by atoms with Gasteiger partial charge >= 0.3 is 0 Å². The van der Waals surface area contributed by atoms with Crippen molar-refractivity contribution in [1.82, 2.24) is 0 Å². The Bertz CT molecular complexity index is 399. The average Bonchev–Trinajstić information content (AvgIpc) is 2.54. The topological polar surface area (TPSA) is 26.0 Å². The van der Waals surface area contributed by atoms with Gasteiger partial charge in [0.25, 0.3) is 0 Å². The van der Waals surface area contributed by atoms with Gasteiger partial charge in [0.15, 0.2) is 0 Å². The smallest absolute Gasteiger partial charge is 0.0379 e. The van der Waals surface area contributed by atoms with Crippen LogP contribution in [0.5, 0.6) is 0 Å². The molecule has 2 atom stereocenters. The Kier molecular flexibility index (Phi) is 4.25. The molecule has 0 aromatic heterocycles. The minimum Gasteiger partial charge on any atom is -0.324 e. The van der Waals surface area contributed by atoms with Gasteiger partial charge in [-0.15, -0.1) is 11.6 Å². The second-order valence-electron chi connectivity index (χ2n) is 4.83. The first-order valence-corrected chi connectivity index (χ1v) is 6.78. The molecule has 0 saturated carbocycles. The van der Waals surface area contributed by atoms with E-state index >= 15 is 0 Å². The van der Waals surface area contributed by atoms with Crippen LogP contribution in [-0.2, 0) is 0 Å². The lowest BCUT2D eigenvalue weighted by Gasteiger charge is -2.18. The fourth-order valence-electron chi connectivity index (χ4n) is 2.32. The number of halogens is 1. The first kappa shape index (κ1) is 12.7. The maximum absolute atomic E-state index is 6.23. The summed E-state index contributed by atoms with van der Waals surface area (Å²) in [5, 5.41) is 0.299. The summed E-state index contributed by atoms with van der Waals surface area (Å²) >= 11 is 6.23. The molecule has 0 aromatic carbocycles. The van der Waals surface area contributed by atoms with Crippen molar-refractivity contribution in [2.45, 2.75) is 44.0 Å². The Morgan fingerprint density at radius 2 is 2.12 bits per heavy atom. The summed E-state index contributed by atoms with van der Waals surface area (Å²) in [6, 6.07) is 0.111. The summed E-state index contributed by atoms with van der Waals surface area (Å²) in [6.45, 7) is 2.02. The van der Waals surface area contributed by atoms with E-state index in [9.17, 15) is 0 Å². The summed E-state index contributed by atoms with van der Waals surface area (Å²) in [7, 11) is 0. The first-order valence-electron chi connectivity index (χ1n) is 6.34. The van der Waals surface area contributed by atoms with Gasteiger partial charge in [-0.25, -0.2) is 0 Å². The number of hydrogen-bond acceptors (Lipinski definition) is 1. The molecule has 0 bridgehead atoms. The molecule has 0 fully saturated rings. The molecule has 2 unspecified atom stereocenters. The molecule has 0 aromatic rings. The van der Waals surface area contributed by atoms with Crippen molar-refractivity contribution in [3.8, 4) is 0 Å². The molecule has 0 radical (unpaired) electrons. The van der Waals surface area contributed by atoms with E-state index in [2.05, 4.69) is 30.4 Å². The lowest BCUT2D eigenvalue weighted by molar-refractivity contribution is 0.717. The van der Waals surface area contributed by atoms with E-state index in [1.165, 1.54) is 16.7 Å². The van der Waals surface area contributed by atoms with Crippen LogP contribution in [0, 0.1) is 0 Å². The Labute approximate surface area is 109 Å². The number of hydrogen-bond donors (Lipinski definition) is 1. The van der Waals surface area contributed by atoms with E-state index < -0.39 is 0 Å². The van der Waals surface area contributed by atoms with Gasteiger partial charge in [0.05, 0.1) is 0 Å². The van der Waals surface area contributed by atoms with E-state index in [1.807, 2.05) is 6.92 Å². The van der Waals surface area contributed by atoms with Gasteiger partial charge in [-0.05, 0) is 49.3 Å². The lowest BCUT2D eigenvalue weighted by Crippen LogP contribution is -2.16. The van der Waals surface area contributed by atoms with E-state index in [4.69, 9.17) is 17.3 Å². The summed E-state index contributed by atoms with van der Waals surface area (Å²) in [6.07, 6.45) is 15.3. The third kappa shape index (κ3) is 3.34. The molecule has 0 saturated heterocycles. The number of alkyl halides is 1. The van der Waals surface area contributed by atoms with Gasteiger partial charge in [0.1, 0.15) is 0 Å². The number of nitrogens with two attached hydrogens (primary N) is 1. The van der Waals surface area contributed by atoms with Crippen molar-refractivity contribution >= 4 is 11.6 Å². The van der Waals surface area contributed by atoms with Gasteiger partial charge in [-0.1, -0.05) is 30.4 Å². The maximum Gasteiger partial charge on any atom is 0.0379 e. The Balaban J connectivity index is 2.12. The zero-order chi connectivity index (χ0) is 12.3. The van der Waals surface area contributed by atoms with Gasteiger partial charge in [0, 0.05) is 11.4 Å². The van der Waals surface area contributed by atoms with Crippen LogP contribution < -0.4 is 5.73 Å². The van der Waals surface area contributed by atoms with Crippen LogP contribution in [0.1, 0.15) is 32.6 Å². The molecule has 0 amide bonds. The second-order valence-corrected chi connectivity index (χ2v) is 5.45. The molecule has 17 heavy (non-hydrogen) atoms. The zero-order valence-electron chi connectivity index (χ0n) is 10.3. The van der Waals surface area contributed by atoms with Crippen LogP contribution in [0.15, 0.2) is 47.1 Å². The van der Waals surface area contributed by atoms with Crippen molar-refractivity contribution in [2.75, 3.05) is 0 Å². The molecule has 2 aliphatic rings. The van der Waals surface area contributed by atoms with Crippen LogP contribution in [-0.4, -0.2) is 11.4 Å². The van der Waals surface area contributed by atoms with Gasteiger partial charge in [-0.2, -0.15) is 0 Å². The molecule has 2 aliphatic carbocycles. The van der Waals surface area contributed by atoms with Crippen molar-refractivity contribution in [1.29, 1.82) is 0 Å². The highest BCUT2D eigenvalue weighted by Crippen LogP contribution is 2.29. The van der Waals surface area contributed by atoms with E-state index in [1.54, 1.807) is 0 Å². The van der Waals surface area contributed by atoms with E-state index in [0.717, 1.165) is 25.7 Å². The Morgan fingerprint density at radius 1 is 1.29 bits per heavy atom. The summed E-state index contributed by atoms with van der Waals surface area (Å²) in [5.41, 5.74) is 9.84. The van der Waals surface area contributed by atoms with Crippen LogP contribution >= 0.6 is 11.6 Å². The standard InChI is InChI=1S/C15H20ClN/c1-11(17)12-4-2-5-13(9-8-12)14-6-3-7-15(16)10-14/h4-6,8-9,11,15H,2-3,7,10,17H2,1H3. The van der Waals surface area contributed by atoms with E-state index in [0.29, 0.717) is 5.38 Å². The molecule has 2 rings (SSSR count). The summed E-state index contributed by atoms with van der Waals surface area (Å²) in [4.78, 5) is 0. The molecule has 1 nitrogen and oxygen atoms in total. The quantitative estimate of drug-likeness (QED) is 0.739. The molecule has 0 spiro atoms. The molecule has 0 aliphatic heterocycles. The van der Waals surface area contributed by atoms with Crippen LogP contribution in [0.2, 0.25) is 0 Å². The molecular formula is C15H20ClN. The Morgan fingerprint density at radius 3 is 2.82 bits per heavy atom. The molecule has 0 heterocycles. The molecule has 2 N–H and O–H groups in total. The molecule has 92 valence electrons. The maximum atomic E-state index is 6.23. The predicted molar refractivity (Wildman–Crippen MR) is 75.1 cm³/mol. The van der Waals surface area contributed by atoms with Crippen molar-refractivity contribution in [3.05, 3.63) is 47.1 Å². The number of allylic oxidation sites excluding steroid dienone is 6. The third-order valence-corrected chi connectivity index (χ3v) is 3.73. The zero-order valence-corrected chi connectivity index (χ0v) is 11.1. The normalized spacial score (nSPS) is 26.8. The SMILES string of the molecule is CC(N)C1=CCC=C(C2=CCCC(Cl)C2)C=C1. The average molecular weight is 250 g/mol. The fourth-order valence-corrected chi connectivity index (χ4v) is 2.61. The van der Waals surface area contributed by atoms with Gasteiger partial charge in [-0.3, -0.25) is 0 Å². The first-order chi connectivity index (χ1) is 8.16.